The van der Waals surface area contributed by atoms with Crippen molar-refractivity contribution in [1.82, 2.24) is 10.2 Å². The minimum Gasteiger partial charge on any atom is -0.497 e. The van der Waals surface area contributed by atoms with Gasteiger partial charge in [-0.25, -0.2) is 8.42 Å². The zero-order chi connectivity index (χ0) is 30.9. The van der Waals surface area contributed by atoms with Gasteiger partial charge >= 0.3 is 0 Å². The van der Waals surface area contributed by atoms with Gasteiger partial charge in [0.1, 0.15) is 24.1 Å². The molecule has 42 heavy (non-hydrogen) atoms. The average molecular weight is 600 g/mol. The molecule has 0 aliphatic heterocycles. The Balaban J connectivity index is 2.08. The predicted octanol–water partition coefficient (Wildman–Crippen LogP) is 3.47. The van der Waals surface area contributed by atoms with Crippen LogP contribution in [0.3, 0.4) is 0 Å². The molecule has 0 unspecified atom stereocenters. The van der Waals surface area contributed by atoms with Crippen LogP contribution in [0.1, 0.15) is 19.4 Å². The number of rotatable bonds is 14. The van der Waals surface area contributed by atoms with E-state index in [1.165, 1.54) is 51.5 Å². The Morgan fingerprint density at radius 3 is 2.17 bits per heavy atom. The first-order valence-electron chi connectivity index (χ1n) is 13.2. The van der Waals surface area contributed by atoms with Gasteiger partial charge in [0.15, 0.2) is 11.5 Å². The molecule has 0 aliphatic carbocycles. The number of nitrogens with zero attached hydrogens (tertiary/aromatic N) is 2. The molecule has 226 valence electrons. The summed E-state index contributed by atoms with van der Waals surface area (Å²) in [4.78, 5) is 27.9. The van der Waals surface area contributed by atoms with E-state index in [1.54, 1.807) is 55.5 Å². The summed E-state index contributed by atoms with van der Waals surface area (Å²) in [6.45, 7) is 3.31. The molecule has 3 aromatic carbocycles. The summed E-state index contributed by atoms with van der Waals surface area (Å²) in [6, 6.07) is 16.7. The van der Waals surface area contributed by atoms with Crippen molar-refractivity contribution in [1.29, 1.82) is 0 Å². The van der Waals surface area contributed by atoms with Crippen LogP contribution < -0.4 is 28.6 Å². The molecular formula is C30H37N3O8S. The molecule has 0 spiro atoms. The molecule has 0 heterocycles. The van der Waals surface area contributed by atoms with Crippen LogP contribution in [0.15, 0.2) is 71.6 Å². The molecule has 11 nitrogen and oxygen atoms in total. The van der Waals surface area contributed by atoms with Crippen molar-refractivity contribution in [2.24, 2.45) is 0 Å². The number of methoxy groups -OCH3 is 3. The van der Waals surface area contributed by atoms with Crippen molar-refractivity contribution in [3.05, 3.63) is 72.3 Å². The summed E-state index contributed by atoms with van der Waals surface area (Å²) >= 11 is 0. The van der Waals surface area contributed by atoms with Gasteiger partial charge in [-0.15, -0.1) is 0 Å². The van der Waals surface area contributed by atoms with Crippen LogP contribution >= 0.6 is 0 Å². The SMILES string of the molecule is CCOc1ccc(N(CC(=O)N(Cc2cccc(OC)c2)[C@H](C)C(=O)NC)S(=O)(=O)c2ccc(OC)c(OC)c2)cc1. The van der Waals surface area contributed by atoms with E-state index >= 15 is 0 Å². The predicted molar refractivity (Wildman–Crippen MR) is 159 cm³/mol. The third-order valence-corrected chi connectivity index (χ3v) is 8.33. The third-order valence-electron chi connectivity index (χ3n) is 6.56. The average Bonchev–Trinajstić information content (AvgIpc) is 3.01. The zero-order valence-electron chi connectivity index (χ0n) is 24.6. The maximum atomic E-state index is 14.1. The normalized spacial score (nSPS) is 11.7. The van der Waals surface area contributed by atoms with Gasteiger partial charge in [0, 0.05) is 19.7 Å². The number of likely N-dealkylation sites (N-methyl/N-ethyl adjacent to an activating group) is 1. The molecule has 0 fully saturated rings. The van der Waals surface area contributed by atoms with E-state index in [0.717, 1.165) is 4.31 Å². The van der Waals surface area contributed by atoms with Crippen molar-refractivity contribution in [3.8, 4) is 23.0 Å². The number of carbonyl (C=O) groups excluding carboxylic acids is 2. The van der Waals surface area contributed by atoms with E-state index in [2.05, 4.69) is 5.32 Å². The van der Waals surface area contributed by atoms with E-state index in [9.17, 15) is 18.0 Å². The van der Waals surface area contributed by atoms with Gasteiger partial charge in [-0.1, -0.05) is 12.1 Å². The molecule has 3 aromatic rings. The third kappa shape index (κ3) is 7.43. The molecule has 2 amide bonds. The van der Waals surface area contributed by atoms with Gasteiger partial charge in [0.25, 0.3) is 10.0 Å². The first kappa shape index (κ1) is 32.1. The summed E-state index contributed by atoms with van der Waals surface area (Å²) in [5, 5.41) is 2.56. The van der Waals surface area contributed by atoms with Gasteiger partial charge in [-0.05, 0) is 67.9 Å². The molecule has 0 bridgehead atoms. The summed E-state index contributed by atoms with van der Waals surface area (Å²) in [7, 11) is 1.54. The minimum absolute atomic E-state index is 0.0398. The second-order valence-corrected chi connectivity index (χ2v) is 11.0. The highest BCUT2D eigenvalue weighted by atomic mass is 32.2. The van der Waals surface area contributed by atoms with Crippen molar-refractivity contribution in [2.75, 3.05) is 45.8 Å². The second kappa shape index (κ2) is 14.4. The Bertz CT molecular complexity index is 1480. The topological polar surface area (TPSA) is 124 Å². The van der Waals surface area contributed by atoms with Crippen LogP contribution in [0.2, 0.25) is 0 Å². The van der Waals surface area contributed by atoms with Crippen molar-refractivity contribution in [3.63, 3.8) is 0 Å². The Hall–Kier alpha value is -4.45. The van der Waals surface area contributed by atoms with Crippen LogP contribution in [0.25, 0.3) is 0 Å². The highest BCUT2D eigenvalue weighted by Crippen LogP contribution is 2.33. The van der Waals surface area contributed by atoms with Crippen LogP contribution in [0.5, 0.6) is 23.0 Å². The monoisotopic (exact) mass is 599 g/mol. The van der Waals surface area contributed by atoms with Crippen LogP contribution in [0, 0.1) is 0 Å². The summed E-state index contributed by atoms with van der Waals surface area (Å²) < 4.78 is 50.6. The summed E-state index contributed by atoms with van der Waals surface area (Å²) in [6.07, 6.45) is 0. The van der Waals surface area contributed by atoms with Gasteiger partial charge in [-0.2, -0.15) is 0 Å². The van der Waals surface area contributed by atoms with Crippen LogP contribution in [-0.2, 0) is 26.2 Å². The highest BCUT2D eigenvalue weighted by Gasteiger charge is 2.33. The quantitative estimate of drug-likeness (QED) is 0.299. The number of amides is 2. The minimum atomic E-state index is -4.31. The number of sulfonamides is 1. The fraction of sp³-hybridized carbons (Fsp3) is 0.333. The van der Waals surface area contributed by atoms with E-state index in [4.69, 9.17) is 18.9 Å². The van der Waals surface area contributed by atoms with Crippen LogP contribution in [0.4, 0.5) is 5.69 Å². The number of ether oxygens (including phenoxy) is 4. The lowest BCUT2D eigenvalue weighted by molar-refractivity contribution is -0.139. The van der Waals surface area contributed by atoms with Crippen molar-refractivity contribution < 1.29 is 37.0 Å². The summed E-state index contributed by atoms with van der Waals surface area (Å²) in [5.41, 5.74) is 0.935. The molecule has 12 heteroatoms. The largest absolute Gasteiger partial charge is 0.497 e. The Kier molecular flexibility index (Phi) is 11.0. The van der Waals surface area contributed by atoms with Crippen molar-refractivity contribution in [2.45, 2.75) is 31.3 Å². The Morgan fingerprint density at radius 1 is 0.881 bits per heavy atom. The van der Waals surface area contributed by atoms with Gasteiger partial charge < -0.3 is 29.2 Å². The molecule has 0 aliphatic rings. The molecule has 0 radical (unpaired) electrons. The van der Waals surface area contributed by atoms with Crippen LogP contribution in [-0.4, -0.2) is 72.7 Å². The number of carbonyl (C=O) groups is 2. The molecule has 0 saturated carbocycles. The molecule has 0 saturated heterocycles. The molecule has 1 atom stereocenters. The second-order valence-electron chi connectivity index (χ2n) is 9.12. The maximum Gasteiger partial charge on any atom is 0.264 e. The standard InChI is InChI=1S/C30H37N3O8S/c1-7-41-24-13-11-23(12-14-24)33(42(36,37)26-15-16-27(39-5)28(18-26)40-6)20-29(34)32(21(2)30(35)31-3)19-22-9-8-10-25(17-22)38-4/h8-18,21H,7,19-20H2,1-6H3,(H,31,35)/t21-/m1/s1. The Morgan fingerprint density at radius 2 is 1.57 bits per heavy atom. The van der Waals surface area contributed by atoms with E-state index in [0.29, 0.717) is 29.4 Å². The lowest BCUT2D eigenvalue weighted by Crippen LogP contribution is -2.50. The number of hydrogen-bond acceptors (Lipinski definition) is 8. The molecule has 1 N–H and O–H groups in total. The number of nitrogens with one attached hydrogen (secondary N) is 1. The smallest absolute Gasteiger partial charge is 0.264 e. The fourth-order valence-electron chi connectivity index (χ4n) is 4.27. The van der Waals surface area contributed by atoms with E-state index in [1.807, 2.05) is 6.92 Å². The first-order chi connectivity index (χ1) is 20.1. The number of anilines is 1. The lowest BCUT2D eigenvalue weighted by atomic mass is 10.1. The molecular weight excluding hydrogens is 562 g/mol. The first-order valence-corrected chi connectivity index (χ1v) is 14.6. The zero-order valence-corrected chi connectivity index (χ0v) is 25.4. The number of hydrogen-bond donors (Lipinski definition) is 1. The molecule has 3 rings (SSSR count). The Labute approximate surface area is 247 Å². The van der Waals surface area contributed by atoms with Gasteiger partial charge in [-0.3, -0.25) is 13.9 Å². The molecule has 0 aromatic heterocycles. The van der Waals surface area contributed by atoms with Gasteiger partial charge in [0.2, 0.25) is 11.8 Å². The lowest BCUT2D eigenvalue weighted by Gasteiger charge is -2.32. The fourth-order valence-corrected chi connectivity index (χ4v) is 5.70. The van der Waals surface area contributed by atoms with Gasteiger partial charge in [0.05, 0.1) is 38.5 Å². The van der Waals surface area contributed by atoms with Crippen molar-refractivity contribution >= 4 is 27.5 Å². The number of benzene rings is 3. The highest BCUT2D eigenvalue weighted by molar-refractivity contribution is 7.92. The maximum absolute atomic E-state index is 14.1. The van der Waals surface area contributed by atoms with E-state index in [-0.39, 0.29) is 22.9 Å². The van der Waals surface area contributed by atoms with E-state index < -0.39 is 34.4 Å². The summed E-state index contributed by atoms with van der Waals surface area (Å²) in [5.74, 6) is 0.699.